The number of rotatable bonds is 6. The topological polar surface area (TPSA) is 62.6 Å². The Morgan fingerprint density at radius 3 is 2.65 bits per heavy atom. The van der Waals surface area contributed by atoms with Gasteiger partial charge in [-0.25, -0.2) is 4.39 Å². The molecule has 0 N–H and O–H groups in total. The van der Waals surface area contributed by atoms with Gasteiger partial charge in [0.2, 0.25) is 0 Å². The van der Waals surface area contributed by atoms with E-state index >= 15 is 4.39 Å². The Balaban J connectivity index is 1.32. The average molecular weight is 543 g/mol. The maximum atomic E-state index is 15.3. The van der Waals surface area contributed by atoms with Gasteiger partial charge in [0.05, 0.1) is 25.8 Å². The van der Waals surface area contributed by atoms with Gasteiger partial charge in [-0.15, -0.1) is 0 Å². The van der Waals surface area contributed by atoms with Crippen molar-refractivity contribution in [2.24, 2.45) is 7.05 Å². The maximum Gasteiger partial charge on any atom is 0.306 e. The number of nitrogens with zero attached hydrogens (tertiary/aromatic N) is 2. The van der Waals surface area contributed by atoms with Gasteiger partial charge in [0.25, 0.3) is 0 Å². The number of hydrogen-bond acceptors (Lipinski definition) is 5. The molecule has 5 rings (SSSR count). The summed E-state index contributed by atoms with van der Waals surface area (Å²) in [5, 5.41) is 4.30. The van der Waals surface area contributed by atoms with Gasteiger partial charge >= 0.3 is 5.97 Å². The average Bonchev–Trinajstić information content (AvgIpc) is 3.55. The third-order valence-corrected chi connectivity index (χ3v) is 7.79. The van der Waals surface area contributed by atoms with Gasteiger partial charge in [-0.3, -0.25) is 9.48 Å². The molecule has 2 aliphatic rings. The molecule has 1 aliphatic carbocycles. The number of halogens is 1. The highest BCUT2D eigenvalue weighted by atomic mass is 19.1. The lowest BCUT2D eigenvalue weighted by Crippen LogP contribution is -2.19. The van der Waals surface area contributed by atoms with Crippen LogP contribution in [0.15, 0.2) is 72.7 Å². The molecule has 0 fully saturated rings. The lowest BCUT2D eigenvalue weighted by Gasteiger charge is -2.21. The minimum absolute atomic E-state index is 0.0497. The standard InChI is InChI=1S/C33H35FN2O4/c1-20-15-24(29-13-14-35-36(29)4)16-21(2)33(20)23-7-6-8-30(22(3)28(34)12-9-23)40-26-10-11-27-25(17-32(37)38-5)19-39-31(27)18-26/h9-16,18,25,30H,3,6-8,17,19H2,1-2,4-5H3/b23-9+,28-12+/t25-,30-/m1/s1. The third kappa shape index (κ3) is 5.60. The molecule has 40 heavy (non-hydrogen) atoms. The molecule has 6 nitrogen and oxygen atoms in total. The van der Waals surface area contributed by atoms with Crippen molar-refractivity contribution in [1.82, 2.24) is 9.78 Å². The van der Waals surface area contributed by atoms with Crippen molar-refractivity contribution >= 4 is 11.5 Å². The zero-order valence-corrected chi connectivity index (χ0v) is 23.5. The van der Waals surface area contributed by atoms with Crippen molar-refractivity contribution in [2.45, 2.75) is 51.6 Å². The van der Waals surface area contributed by atoms with Crippen LogP contribution in [0, 0.1) is 13.8 Å². The summed E-state index contributed by atoms with van der Waals surface area (Å²) in [6, 6.07) is 11.9. The summed E-state index contributed by atoms with van der Waals surface area (Å²) in [4.78, 5) is 11.7. The lowest BCUT2D eigenvalue weighted by atomic mass is 9.89. The van der Waals surface area contributed by atoms with E-state index in [0.29, 0.717) is 30.1 Å². The summed E-state index contributed by atoms with van der Waals surface area (Å²) in [7, 11) is 3.32. The number of aromatic nitrogens is 2. The van der Waals surface area contributed by atoms with Crippen LogP contribution in [0.4, 0.5) is 4.39 Å². The number of aryl methyl sites for hydroxylation is 3. The summed E-state index contributed by atoms with van der Waals surface area (Å²) in [5.41, 5.74) is 7.97. The Kier molecular flexibility index (Phi) is 7.92. The Labute approximate surface area is 234 Å². The molecule has 3 aromatic rings. The van der Waals surface area contributed by atoms with E-state index in [2.05, 4.69) is 37.7 Å². The highest BCUT2D eigenvalue weighted by molar-refractivity contribution is 5.76. The normalized spacial score (nSPS) is 21.6. The molecule has 0 bridgehead atoms. The van der Waals surface area contributed by atoms with Crippen molar-refractivity contribution in [2.75, 3.05) is 13.7 Å². The van der Waals surface area contributed by atoms with Crippen LogP contribution in [-0.2, 0) is 16.6 Å². The summed E-state index contributed by atoms with van der Waals surface area (Å²) in [5.74, 6) is 0.559. The van der Waals surface area contributed by atoms with Crippen LogP contribution in [-0.4, -0.2) is 35.6 Å². The first-order valence-corrected chi connectivity index (χ1v) is 13.6. The third-order valence-electron chi connectivity index (χ3n) is 7.79. The maximum absolute atomic E-state index is 15.3. The van der Waals surface area contributed by atoms with Crippen molar-refractivity contribution < 1.29 is 23.4 Å². The van der Waals surface area contributed by atoms with E-state index in [1.165, 1.54) is 13.2 Å². The second-order valence-corrected chi connectivity index (χ2v) is 10.5. The number of methoxy groups -OCH3 is 1. The number of carbonyl (C=O) groups is 1. The number of carbonyl (C=O) groups excluding carboxylic acids is 1. The first kappa shape index (κ1) is 27.4. The molecule has 2 atom stereocenters. The summed E-state index contributed by atoms with van der Waals surface area (Å²) >= 11 is 0. The smallest absolute Gasteiger partial charge is 0.306 e. The van der Waals surface area contributed by atoms with Crippen LogP contribution in [0.3, 0.4) is 0 Å². The van der Waals surface area contributed by atoms with Crippen molar-refractivity contribution in [1.29, 1.82) is 0 Å². The Morgan fingerprint density at radius 2 is 1.95 bits per heavy atom. The molecule has 1 aliphatic heterocycles. The second kappa shape index (κ2) is 11.5. The van der Waals surface area contributed by atoms with Gasteiger partial charge in [0.1, 0.15) is 23.4 Å². The van der Waals surface area contributed by atoms with Gasteiger partial charge in [0.15, 0.2) is 0 Å². The molecule has 2 aromatic carbocycles. The van der Waals surface area contributed by atoms with Gasteiger partial charge in [-0.2, -0.15) is 5.10 Å². The summed E-state index contributed by atoms with van der Waals surface area (Å²) in [6.45, 7) is 8.66. The van der Waals surface area contributed by atoms with E-state index < -0.39 is 6.10 Å². The first-order chi connectivity index (χ1) is 19.2. The van der Waals surface area contributed by atoms with Crippen LogP contribution in [0.2, 0.25) is 0 Å². The molecule has 0 radical (unpaired) electrons. The number of ether oxygens (including phenoxy) is 3. The molecule has 0 unspecified atom stereocenters. The fourth-order valence-electron chi connectivity index (χ4n) is 5.73. The quantitative estimate of drug-likeness (QED) is 0.309. The van der Waals surface area contributed by atoms with Gasteiger partial charge in [-0.05, 0) is 85.7 Å². The van der Waals surface area contributed by atoms with E-state index in [-0.39, 0.29) is 24.1 Å². The Hall–Kier alpha value is -4.13. The number of fused-ring (bicyclic) bond motifs is 1. The van der Waals surface area contributed by atoms with Gasteiger partial charge < -0.3 is 14.2 Å². The fourth-order valence-corrected chi connectivity index (χ4v) is 5.73. The van der Waals surface area contributed by atoms with Crippen molar-refractivity contribution in [3.63, 3.8) is 0 Å². The fraction of sp³-hybridized carbons (Fsp3) is 0.333. The van der Waals surface area contributed by atoms with Crippen LogP contribution < -0.4 is 9.47 Å². The number of hydrogen-bond donors (Lipinski definition) is 0. The van der Waals surface area contributed by atoms with E-state index in [1.54, 1.807) is 6.20 Å². The van der Waals surface area contributed by atoms with Crippen LogP contribution in [0.25, 0.3) is 16.8 Å². The van der Waals surface area contributed by atoms with E-state index in [9.17, 15) is 4.79 Å². The van der Waals surface area contributed by atoms with Gasteiger partial charge in [-0.1, -0.05) is 18.7 Å². The minimum atomic E-state index is -0.510. The summed E-state index contributed by atoms with van der Waals surface area (Å²) in [6.07, 6.45) is 7.15. The Morgan fingerprint density at radius 1 is 1.18 bits per heavy atom. The molecule has 0 spiro atoms. The van der Waals surface area contributed by atoms with Crippen molar-refractivity contribution in [3.05, 3.63) is 95.0 Å². The van der Waals surface area contributed by atoms with Gasteiger partial charge in [0, 0.05) is 41.9 Å². The highest BCUT2D eigenvalue weighted by Crippen LogP contribution is 2.40. The molecule has 2 heterocycles. The molecule has 0 amide bonds. The van der Waals surface area contributed by atoms with Crippen LogP contribution in [0.5, 0.6) is 11.5 Å². The molecule has 1 aromatic heterocycles. The van der Waals surface area contributed by atoms with Crippen molar-refractivity contribution in [3.8, 4) is 22.8 Å². The predicted octanol–water partition coefficient (Wildman–Crippen LogP) is 7.17. The first-order valence-electron chi connectivity index (χ1n) is 13.6. The van der Waals surface area contributed by atoms with Crippen LogP contribution >= 0.6 is 0 Å². The number of benzene rings is 2. The summed E-state index contributed by atoms with van der Waals surface area (Å²) < 4.78 is 34.1. The molecule has 208 valence electrons. The zero-order valence-electron chi connectivity index (χ0n) is 23.5. The number of allylic oxidation sites excluding steroid dienone is 3. The minimum Gasteiger partial charge on any atom is -0.492 e. The van der Waals surface area contributed by atoms with Crippen LogP contribution in [0.1, 0.15) is 53.9 Å². The largest absolute Gasteiger partial charge is 0.492 e. The molecular weight excluding hydrogens is 507 g/mol. The molecular formula is C33H35FN2O4. The monoisotopic (exact) mass is 542 g/mol. The SMILES string of the molecule is C=C1/C(F)=C\C=C(\c2c(C)cc(-c3ccnn3C)cc2C)CCC[C@H]1Oc1ccc2c(c1)OC[C@H]2CC(=O)OC. The zero-order chi connectivity index (χ0) is 28.4. The van der Waals surface area contributed by atoms with E-state index in [1.807, 2.05) is 42.1 Å². The lowest BCUT2D eigenvalue weighted by molar-refractivity contribution is -0.141. The second-order valence-electron chi connectivity index (χ2n) is 10.5. The molecule has 0 saturated heterocycles. The van der Waals surface area contributed by atoms with E-state index in [0.717, 1.165) is 51.9 Å². The predicted molar refractivity (Wildman–Crippen MR) is 154 cm³/mol. The Bertz CT molecular complexity index is 1490. The highest BCUT2D eigenvalue weighted by Gasteiger charge is 2.28. The molecule has 7 heteroatoms. The number of esters is 1. The molecule has 0 saturated carbocycles. The van der Waals surface area contributed by atoms with E-state index in [4.69, 9.17) is 14.2 Å².